The number of halogens is 1. The van der Waals surface area contributed by atoms with Gasteiger partial charge in [-0.2, -0.15) is 0 Å². The molecule has 1 saturated heterocycles. The van der Waals surface area contributed by atoms with Crippen LogP contribution in [-0.2, 0) is 27.5 Å². The van der Waals surface area contributed by atoms with E-state index in [0.717, 1.165) is 11.1 Å². The molecule has 0 bridgehead atoms. The number of carbonyl (C=O) groups excluding carboxylic acids is 4. The molecule has 31 heavy (non-hydrogen) atoms. The van der Waals surface area contributed by atoms with E-state index in [1.165, 1.54) is 11.1 Å². The molecule has 3 heterocycles. The molecule has 9 heteroatoms. The third kappa shape index (κ3) is 4.57. The summed E-state index contributed by atoms with van der Waals surface area (Å²) in [5, 5.41) is 5.47. The fraction of sp³-hybridized carbons (Fsp3) is 0.227. The minimum atomic E-state index is -0.655. The highest BCUT2D eigenvalue weighted by Crippen LogP contribution is 2.28. The number of amides is 4. The molecule has 1 atom stereocenters. The Labute approximate surface area is 183 Å². The van der Waals surface area contributed by atoms with E-state index in [1.54, 1.807) is 24.3 Å². The lowest BCUT2D eigenvalue weighted by molar-refractivity contribution is -0.137. The molecule has 1 unspecified atom stereocenters. The van der Waals surface area contributed by atoms with Crippen molar-refractivity contribution in [3.05, 3.63) is 63.9 Å². The smallest absolute Gasteiger partial charge is 0.296 e. The first-order valence-electron chi connectivity index (χ1n) is 9.58. The summed E-state index contributed by atoms with van der Waals surface area (Å²) in [5.41, 5.74) is 2.53. The van der Waals surface area contributed by atoms with E-state index >= 15 is 0 Å². The van der Waals surface area contributed by atoms with E-state index in [9.17, 15) is 19.2 Å². The summed E-state index contributed by atoms with van der Waals surface area (Å²) in [6, 6.07) is 7.87. The molecule has 2 aliphatic heterocycles. The van der Waals surface area contributed by atoms with Crippen LogP contribution in [-0.4, -0.2) is 39.6 Å². The molecule has 8 nitrogen and oxygen atoms in total. The normalized spacial score (nSPS) is 17.5. The van der Waals surface area contributed by atoms with Crippen molar-refractivity contribution in [1.29, 1.82) is 0 Å². The first kappa shape index (κ1) is 20.6. The highest BCUT2D eigenvalue weighted by Gasteiger charge is 2.38. The summed E-state index contributed by atoms with van der Waals surface area (Å²) >= 11 is 5.76. The van der Waals surface area contributed by atoms with Gasteiger partial charge < -0.3 is 10.2 Å². The molecule has 2 aromatic rings. The molecule has 4 amide bonds. The summed E-state index contributed by atoms with van der Waals surface area (Å²) in [6.07, 6.45) is 1.97. The lowest BCUT2D eigenvalue weighted by Gasteiger charge is -2.29. The van der Waals surface area contributed by atoms with Gasteiger partial charge in [0, 0.05) is 37.2 Å². The van der Waals surface area contributed by atoms with Gasteiger partial charge in [0.15, 0.2) is 0 Å². The number of aromatic nitrogens is 1. The van der Waals surface area contributed by atoms with E-state index in [-0.39, 0.29) is 31.3 Å². The number of nitrogens with one attached hydrogen (secondary N) is 2. The zero-order valence-corrected chi connectivity index (χ0v) is 17.0. The van der Waals surface area contributed by atoms with Crippen molar-refractivity contribution >= 4 is 35.2 Å². The van der Waals surface area contributed by atoms with Gasteiger partial charge in [0.05, 0.1) is 5.02 Å². The summed E-state index contributed by atoms with van der Waals surface area (Å²) in [5.74, 6) is 3.67. The van der Waals surface area contributed by atoms with Crippen molar-refractivity contribution in [2.75, 3.05) is 0 Å². The number of hydrogen-bond acceptors (Lipinski definition) is 5. The van der Waals surface area contributed by atoms with Gasteiger partial charge in [-0.15, -0.1) is 0 Å². The van der Waals surface area contributed by atoms with Crippen LogP contribution in [0.3, 0.4) is 0 Å². The topological polar surface area (TPSA) is 108 Å². The second kappa shape index (κ2) is 8.58. The van der Waals surface area contributed by atoms with E-state index in [4.69, 9.17) is 11.6 Å². The Morgan fingerprint density at radius 1 is 1.26 bits per heavy atom. The zero-order chi connectivity index (χ0) is 22.0. The Hall–Kier alpha value is -3.70. The van der Waals surface area contributed by atoms with Gasteiger partial charge in [0.1, 0.15) is 11.7 Å². The second-order valence-corrected chi connectivity index (χ2v) is 7.62. The van der Waals surface area contributed by atoms with Crippen molar-refractivity contribution in [3.63, 3.8) is 0 Å². The summed E-state index contributed by atoms with van der Waals surface area (Å²) < 4.78 is 0. The second-order valence-electron chi connectivity index (χ2n) is 7.19. The largest absolute Gasteiger partial charge is 0.341 e. The summed E-state index contributed by atoms with van der Waals surface area (Å²) in [4.78, 5) is 53.7. The van der Waals surface area contributed by atoms with Crippen LogP contribution in [0.2, 0.25) is 5.02 Å². The van der Waals surface area contributed by atoms with Crippen LogP contribution < -0.4 is 10.6 Å². The van der Waals surface area contributed by atoms with Gasteiger partial charge in [0.25, 0.3) is 11.8 Å². The van der Waals surface area contributed by atoms with Gasteiger partial charge in [-0.25, -0.2) is 4.98 Å². The molecule has 0 saturated carbocycles. The van der Waals surface area contributed by atoms with Crippen LogP contribution >= 0.6 is 11.6 Å². The molecule has 156 valence electrons. The van der Waals surface area contributed by atoms with Crippen LogP contribution in [0, 0.1) is 11.8 Å². The summed E-state index contributed by atoms with van der Waals surface area (Å²) in [7, 11) is 0. The number of carbonyl (C=O) groups is 4. The number of piperidine rings is 1. The van der Waals surface area contributed by atoms with Crippen LogP contribution in [0.25, 0.3) is 0 Å². The summed E-state index contributed by atoms with van der Waals surface area (Å²) in [6.45, 7) is 0.520. The Morgan fingerprint density at radius 2 is 2.10 bits per heavy atom. The molecular formula is C22H17ClN4O4. The quantitative estimate of drug-likeness (QED) is 0.554. The Balaban J connectivity index is 1.38. The molecule has 0 spiro atoms. The molecule has 1 aromatic carbocycles. The maximum atomic E-state index is 12.7. The highest BCUT2D eigenvalue weighted by molar-refractivity contribution is 6.30. The van der Waals surface area contributed by atoms with Gasteiger partial charge in [0.2, 0.25) is 11.8 Å². The van der Waals surface area contributed by atoms with Crippen LogP contribution in [0.5, 0.6) is 0 Å². The van der Waals surface area contributed by atoms with Crippen molar-refractivity contribution in [2.24, 2.45) is 0 Å². The molecule has 0 radical (unpaired) electrons. The standard InChI is InChI=1S/C22H17ClN4O4/c23-15-2-3-16(24-11-15)4-7-19(28)25-10-13-1-5-17-14(9-13)12-27(22(17)31)18-6-8-20(29)26-21(18)30/h1-3,5,9,11,18H,6,8,10,12H2,(H,25,28)(H,26,29,30). The lowest BCUT2D eigenvalue weighted by Crippen LogP contribution is -2.52. The van der Waals surface area contributed by atoms with E-state index in [0.29, 0.717) is 22.7 Å². The van der Waals surface area contributed by atoms with Crippen LogP contribution in [0.15, 0.2) is 36.5 Å². The average molecular weight is 437 g/mol. The minimum absolute atomic E-state index is 0.209. The maximum Gasteiger partial charge on any atom is 0.296 e. The Bertz CT molecular complexity index is 1150. The lowest BCUT2D eigenvalue weighted by atomic mass is 10.0. The Kier molecular flexibility index (Phi) is 5.69. The van der Waals surface area contributed by atoms with Gasteiger partial charge >= 0.3 is 0 Å². The third-order valence-electron chi connectivity index (χ3n) is 5.07. The van der Waals surface area contributed by atoms with Gasteiger partial charge in [-0.3, -0.25) is 24.5 Å². The predicted molar refractivity (Wildman–Crippen MR) is 110 cm³/mol. The maximum absolute atomic E-state index is 12.7. The first-order valence-corrected chi connectivity index (χ1v) is 9.96. The van der Waals surface area contributed by atoms with Crippen LogP contribution in [0.1, 0.15) is 40.0 Å². The van der Waals surface area contributed by atoms with Crippen molar-refractivity contribution in [1.82, 2.24) is 20.5 Å². The number of imide groups is 1. The highest BCUT2D eigenvalue weighted by atomic mass is 35.5. The fourth-order valence-corrected chi connectivity index (χ4v) is 3.65. The van der Waals surface area contributed by atoms with Crippen molar-refractivity contribution in [2.45, 2.75) is 32.0 Å². The van der Waals surface area contributed by atoms with Crippen molar-refractivity contribution in [3.8, 4) is 11.8 Å². The van der Waals surface area contributed by atoms with Crippen LogP contribution in [0.4, 0.5) is 0 Å². The van der Waals surface area contributed by atoms with Gasteiger partial charge in [-0.05, 0) is 41.7 Å². The van der Waals surface area contributed by atoms with E-state index in [2.05, 4.69) is 27.5 Å². The molecular weight excluding hydrogens is 420 g/mol. The van der Waals surface area contributed by atoms with E-state index < -0.39 is 17.9 Å². The molecule has 2 N–H and O–H groups in total. The number of hydrogen-bond donors (Lipinski definition) is 2. The molecule has 0 aliphatic carbocycles. The monoisotopic (exact) mass is 436 g/mol. The average Bonchev–Trinajstić information content (AvgIpc) is 3.07. The van der Waals surface area contributed by atoms with Crippen molar-refractivity contribution < 1.29 is 19.2 Å². The number of benzene rings is 1. The molecule has 2 aliphatic rings. The first-order chi connectivity index (χ1) is 14.9. The zero-order valence-electron chi connectivity index (χ0n) is 16.3. The number of nitrogens with zero attached hydrogens (tertiary/aromatic N) is 2. The number of fused-ring (bicyclic) bond motifs is 1. The fourth-order valence-electron chi connectivity index (χ4n) is 3.53. The Morgan fingerprint density at radius 3 is 2.84 bits per heavy atom. The number of pyridine rings is 1. The third-order valence-corrected chi connectivity index (χ3v) is 5.30. The predicted octanol–water partition coefficient (Wildman–Crippen LogP) is 1.16. The SMILES string of the molecule is O=C(C#Cc1ccc(Cl)cn1)NCc1ccc2c(c1)CN(C1CCC(=O)NC1=O)C2=O. The number of rotatable bonds is 3. The van der Waals surface area contributed by atoms with E-state index in [1.807, 2.05) is 6.07 Å². The van der Waals surface area contributed by atoms with Gasteiger partial charge in [-0.1, -0.05) is 23.7 Å². The minimum Gasteiger partial charge on any atom is -0.341 e. The molecule has 1 aromatic heterocycles. The molecule has 4 rings (SSSR count). The molecule has 1 fully saturated rings.